The summed E-state index contributed by atoms with van der Waals surface area (Å²) in [5, 5.41) is 13.4. The van der Waals surface area contributed by atoms with Gasteiger partial charge in [-0.05, 0) is 55.5 Å². The molecule has 0 spiro atoms. The second-order valence-corrected chi connectivity index (χ2v) is 7.63. The van der Waals surface area contributed by atoms with Crippen LogP contribution < -0.4 is 10.5 Å². The second-order valence-electron chi connectivity index (χ2n) is 7.63. The Labute approximate surface area is 163 Å². The molecule has 0 aromatic carbocycles. The van der Waals surface area contributed by atoms with E-state index in [-0.39, 0.29) is 5.56 Å². The van der Waals surface area contributed by atoms with Crippen molar-refractivity contribution in [2.45, 2.75) is 32.2 Å². The molecule has 142 valence electrons. The summed E-state index contributed by atoms with van der Waals surface area (Å²) in [5.74, 6) is 1.35. The van der Waals surface area contributed by atoms with Crippen LogP contribution >= 0.6 is 0 Å². The molecule has 3 aromatic rings. The topological polar surface area (TPSA) is 76.8 Å². The maximum atomic E-state index is 12.2. The molecule has 0 unspecified atom stereocenters. The Balaban J connectivity index is 1.27. The Kier molecular flexibility index (Phi) is 4.35. The highest BCUT2D eigenvalue weighted by atomic mass is 16.1. The van der Waals surface area contributed by atoms with Crippen molar-refractivity contribution in [2.75, 3.05) is 18.0 Å². The third kappa shape index (κ3) is 3.28. The van der Waals surface area contributed by atoms with Gasteiger partial charge in [-0.3, -0.25) is 9.78 Å². The van der Waals surface area contributed by atoms with Crippen LogP contribution in [0, 0.1) is 5.92 Å². The van der Waals surface area contributed by atoms with Crippen LogP contribution in [0.4, 0.5) is 5.82 Å². The molecule has 0 atom stereocenters. The minimum Gasteiger partial charge on any atom is -0.354 e. The maximum Gasteiger partial charge on any atom is 0.266 e. The summed E-state index contributed by atoms with van der Waals surface area (Å²) in [5.41, 5.74) is 4.20. The number of nitrogens with zero attached hydrogens (tertiary/aromatic N) is 6. The smallest absolute Gasteiger partial charge is 0.266 e. The van der Waals surface area contributed by atoms with Crippen LogP contribution in [0.5, 0.6) is 0 Å². The first-order valence-electron chi connectivity index (χ1n) is 9.85. The average Bonchev–Trinajstić information content (AvgIpc) is 2.72. The number of pyridine rings is 1. The van der Waals surface area contributed by atoms with Crippen molar-refractivity contribution in [3.63, 3.8) is 0 Å². The molecule has 3 aromatic heterocycles. The van der Waals surface area contributed by atoms with Gasteiger partial charge in [0.1, 0.15) is 0 Å². The molecule has 1 aliphatic heterocycles. The second kappa shape index (κ2) is 7.14. The van der Waals surface area contributed by atoms with Crippen molar-refractivity contribution in [3.05, 3.63) is 64.3 Å². The Bertz CT molecular complexity index is 1040. The van der Waals surface area contributed by atoms with Crippen molar-refractivity contribution in [1.82, 2.24) is 25.0 Å². The Morgan fingerprint density at radius 2 is 1.82 bits per heavy atom. The molecular formula is C21H22N6O. The minimum absolute atomic E-state index is 0.0650. The van der Waals surface area contributed by atoms with Crippen molar-refractivity contribution >= 4 is 5.82 Å². The van der Waals surface area contributed by atoms with Crippen LogP contribution in [0.25, 0.3) is 11.3 Å². The highest BCUT2D eigenvalue weighted by molar-refractivity contribution is 5.57. The van der Waals surface area contributed by atoms with E-state index in [0.717, 1.165) is 48.7 Å². The molecule has 0 amide bonds. The zero-order valence-corrected chi connectivity index (χ0v) is 15.7. The Hall–Kier alpha value is -3.09. The van der Waals surface area contributed by atoms with E-state index >= 15 is 0 Å². The van der Waals surface area contributed by atoms with Crippen molar-refractivity contribution in [3.8, 4) is 11.3 Å². The minimum atomic E-state index is -0.0650. The molecule has 0 radical (unpaired) electrons. The molecule has 5 rings (SSSR count). The van der Waals surface area contributed by atoms with Gasteiger partial charge in [-0.1, -0.05) is 0 Å². The van der Waals surface area contributed by atoms with Crippen LogP contribution in [-0.2, 0) is 19.4 Å². The highest BCUT2D eigenvalue weighted by Crippen LogP contribution is 2.27. The van der Waals surface area contributed by atoms with Crippen LogP contribution in [-0.4, -0.2) is 38.1 Å². The van der Waals surface area contributed by atoms with Gasteiger partial charge in [-0.15, -0.1) is 5.10 Å². The first-order chi connectivity index (χ1) is 13.8. The monoisotopic (exact) mass is 374 g/mol. The third-order valence-electron chi connectivity index (χ3n) is 5.61. The van der Waals surface area contributed by atoms with E-state index in [2.05, 4.69) is 31.2 Å². The SMILES string of the molecule is O=c1ccc(-c2ccncc2)nn1CC1CN(c2cc3c(nn2)CCCC3)C1. The number of aromatic nitrogens is 5. The molecule has 1 fully saturated rings. The number of fused-ring (bicyclic) bond motifs is 1. The van der Waals surface area contributed by atoms with E-state index < -0.39 is 0 Å². The summed E-state index contributed by atoms with van der Waals surface area (Å²) in [6.07, 6.45) is 8.08. The lowest BCUT2D eigenvalue weighted by Gasteiger charge is -2.40. The molecule has 7 heteroatoms. The molecule has 7 nitrogen and oxygen atoms in total. The summed E-state index contributed by atoms with van der Waals surface area (Å²) in [4.78, 5) is 18.5. The van der Waals surface area contributed by atoms with E-state index in [1.807, 2.05) is 12.1 Å². The predicted octanol–water partition coefficient (Wildman–Crippen LogP) is 2.11. The van der Waals surface area contributed by atoms with Gasteiger partial charge in [0.15, 0.2) is 5.82 Å². The van der Waals surface area contributed by atoms with Crippen molar-refractivity contribution < 1.29 is 0 Å². The first-order valence-corrected chi connectivity index (χ1v) is 9.85. The maximum absolute atomic E-state index is 12.2. The largest absolute Gasteiger partial charge is 0.354 e. The lowest BCUT2D eigenvalue weighted by molar-refractivity contribution is 0.332. The molecule has 1 aliphatic carbocycles. The van der Waals surface area contributed by atoms with Crippen molar-refractivity contribution in [2.24, 2.45) is 5.92 Å². The number of hydrogen-bond donors (Lipinski definition) is 0. The summed E-state index contributed by atoms with van der Waals surface area (Å²) >= 11 is 0. The number of anilines is 1. The molecule has 2 aliphatic rings. The van der Waals surface area contributed by atoms with E-state index in [1.165, 1.54) is 18.4 Å². The van der Waals surface area contributed by atoms with Gasteiger partial charge in [0, 0.05) is 43.0 Å². The van der Waals surface area contributed by atoms with Crippen LogP contribution in [0.15, 0.2) is 47.5 Å². The van der Waals surface area contributed by atoms with Crippen LogP contribution in [0.2, 0.25) is 0 Å². The lowest BCUT2D eigenvalue weighted by atomic mass is 9.95. The fourth-order valence-electron chi connectivity index (χ4n) is 4.01. The van der Waals surface area contributed by atoms with Gasteiger partial charge in [-0.25, -0.2) is 4.68 Å². The van der Waals surface area contributed by atoms with E-state index in [4.69, 9.17) is 0 Å². The van der Waals surface area contributed by atoms with Gasteiger partial charge >= 0.3 is 0 Å². The van der Waals surface area contributed by atoms with Gasteiger partial charge in [0.2, 0.25) is 0 Å². The number of rotatable bonds is 4. The van der Waals surface area contributed by atoms with E-state index in [1.54, 1.807) is 29.2 Å². The van der Waals surface area contributed by atoms with Gasteiger partial charge in [-0.2, -0.15) is 10.2 Å². The third-order valence-corrected chi connectivity index (χ3v) is 5.61. The van der Waals surface area contributed by atoms with Crippen LogP contribution in [0.3, 0.4) is 0 Å². The van der Waals surface area contributed by atoms with E-state index in [9.17, 15) is 4.79 Å². The van der Waals surface area contributed by atoms with Gasteiger partial charge in [0.25, 0.3) is 5.56 Å². The zero-order chi connectivity index (χ0) is 18.9. The first kappa shape index (κ1) is 17.0. The summed E-state index contributed by atoms with van der Waals surface area (Å²) in [6, 6.07) is 9.36. The molecule has 1 saturated heterocycles. The van der Waals surface area contributed by atoms with E-state index in [0.29, 0.717) is 12.5 Å². The summed E-state index contributed by atoms with van der Waals surface area (Å²) in [6.45, 7) is 2.37. The normalized spacial score (nSPS) is 16.5. The van der Waals surface area contributed by atoms with Crippen molar-refractivity contribution in [1.29, 1.82) is 0 Å². The Morgan fingerprint density at radius 3 is 2.68 bits per heavy atom. The molecular weight excluding hydrogens is 352 g/mol. The number of aryl methyl sites for hydroxylation is 2. The zero-order valence-electron chi connectivity index (χ0n) is 15.7. The fourth-order valence-corrected chi connectivity index (χ4v) is 4.01. The summed E-state index contributed by atoms with van der Waals surface area (Å²) < 4.78 is 1.58. The number of hydrogen-bond acceptors (Lipinski definition) is 6. The molecule has 28 heavy (non-hydrogen) atoms. The molecule has 4 heterocycles. The van der Waals surface area contributed by atoms with Gasteiger partial charge < -0.3 is 4.90 Å². The quantitative estimate of drug-likeness (QED) is 0.696. The van der Waals surface area contributed by atoms with Crippen LogP contribution in [0.1, 0.15) is 24.1 Å². The molecule has 0 N–H and O–H groups in total. The van der Waals surface area contributed by atoms with Gasteiger partial charge in [0.05, 0.1) is 17.9 Å². The average molecular weight is 374 g/mol. The Morgan fingerprint density at radius 1 is 1.00 bits per heavy atom. The molecule has 0 bridgehead atoms. The molecule has 0 saturated carbocycles. The predicted molar refractivity (Wildman–Crippen MR) is 106 cm³/mol. The highest BCUT2D eigenvalue weighted by Gasteiger charge is 2.29. The standard InChI is InChI=1S/C21H22N6O/c28-21-6-5-19(16-7-9-22-10-8-16)25-27(21)14-15-12-26(13-15)20-11-17-3-1-2-4-18(17)23-24-20/h5-11,15H,1-4,12-14H2. The summed E-state index contributed by atoms with van der Waals surface area (Å²) in [7, 11) is 0. The lowest BCUT2D eigenvalue weighted by Crippen LogP contribution is -2.50. The fraction of sp³-hybridized carbons (Fsp3) is 0.381.